The number of fused-ring (bicyclic) bond motifs is 2. The molecule has 5 nitrogen and oxygen atoms in total. The number of benzene rings is 2. The van der Waals surface area contributed by atoms with Crippen molar-refractivity contribution in [3.63, 3.8) is 0 Å². The lowest BCUT2D eigenvalue weighted by atomic mass is 9.65. The second-order valence-electron chi connectivity index (χ2n) is 11.2. The van der Waals surface area contributed by atoms with E-state index in [1.54, 1.807) is 0 Å². The van der Waals surface area contributed by atoms with Crippen molar-refractivity contribution in [1.29, 1.82) is 0 Å². The van der Waals surface area contributed by atoms with Gasteiger partial charge in [0, 0.05) is 34.6 Å². The third-order valence-corrected chi connectivity index (χ3v) is 8.60. The molecular formula is C29H33ClN2O3. The van der Waals surface area contributed by atoms with Gasteiger partial charge in [0.1, 0.15) is 0 Å². The molecule has 1 aliphatic carbocycles. The second-order valence-corrected chi connectivity index (χ2v) is 11.6. The van der Waals surface area contributed by atoms with E-state index in [0.29, 0.717) is 5.02 Å². The lowest BCUT2D eigenvalue weighted by Gasteiger charge is -2.51. The van der Waals surface area contributed by atoms with Gasteiger partial charge in [-0.25, -0.2) is 0 Å². The largest absolute Gasteiger partial charge is 0.306 e. The van der Waals surface area contributed by atoms with Crippen LogP contribution in [0.15, 0.2) is 48.5 Å². The van der Waals surface area contributed by atoms with Crippen molar-refractivity contribution < 1.29 is 14.4 Å². The number of nitrogens with zero attached hydrogens (tertiary/aromatic N) is 2. The van der Waals surface area contributed by atoms with Crippen molar-refractivity contribution in [2.45, 2.75) is 70.3 Å². The van der Waals surface area contributed by atoms with E-state index in [9.17, 15) is 14.4 Å². The summed E-state index contributed by atoms with van der Waals surface area (Å²) in [6.07, 6.45) is 4.43. The summed E-state index contributed by atoms with van der Waals surface area (Å²) < 4.78 is 0. The maximum absolute atomic E-state index is 13.7. The summed E-state index contributed by atoms with van der Waals surface area (Å²) in [5.74, 6) is -0.588. The van der Waals surface area contributed by atoms with E-state index in [-0.39, 0.29) is 47.9 Å². The van der Waals surface area contributed by atoms with Gasteiger partial charge in [-0.05, 0) is 62.4 Å². The van der Waals surface area contributed by atoms with Crippen molar-refractivity contribution in [1.82, 2.24) is 4.90 Å². The van der Waals surface area contributed by atoms with Crippen molar-refractivity contribution in [2.75, 3.05) is 11.4 Å². The number of rotatable bonds is 4. The molecule has 0 N–H and O–H groups in total. The first-order valence-corrected chi connectivity index (χ1v) is 13.1. The number of carbonyl (C=O) groups excluding carboxylic acids is 3. The van der Waals surface area contributed by atoms with Crippen LogP contribution in [0.5, 0.6) is 0 Å². The van der Waals surface area contributed by atoms with E-state index in [2.05, 4.69) is 39.0 Å². The number of likely N-dealkylation sites (tertiary alicyclic amines) is 1. The topological polar surface area (TPSA) is 57.7 Å². The molecule has 2 aromatic carbocycles. The van der Waals surface area contributed by atoms with Crippen LogP contribution in [0.2, 0.25) is 5.02 Å². The second kappa shape index (κ2) is 8.77. The number of imide groups is 1. The van der Waals surface area contributed by atoms with Gasteiger partial charge in [0.25, 0.3) is 0 Å². The summed E-state index contributed by atoms with van der Waals surface area (Å²) in [6.45, 7) is 6.57. The van der Waals surface area contributed by atoms with E-state index >= 15 is 0 Å². The Morgan fingerprint density at radius 3 is 2.17 bits per heavy atom. The summed E-state index contributed by atoms with van der Waals surface area (Å²) in [5.41, 5.74) is 2.38. The normalized spacial score (nSPS) is 27.5. The van der Waals surface area contributed by atoms with Gasteiger partial charge < -0.3 is 4.90 Å². The number of amides is 3. The van der Waals surface area contributed by atoms with E-state index in [4.69, 9.17) is 11.6 Å². The molecule has 0 bridgehead atoms. The molecule has 2 fully saturated rings. The summed E-state index contributed by atoms with van der Waals surface area (Å²) in [7, 11) is 0. The molecule has 3 atom stereocenters. The number of halogens is 1. The van der Waals surface area contributed by atoms with Crippen LogP contribution < -0.4 is 4.90 Å². The maximum atomic E-state index is 13.7. The molecule has 0 spiro atoms. The number of para-hydroxylation sites is 1. The molecule has 0 radical (unpaired) electrons. The number of anilines is 1. The van der Waals surface area contributed by atoms with Crippen LogP contribution in [0.3, 0.4) is 0 Å². The van der Waals surface area contributed by atoms with Gasteiger partial charge >= 0.3 is 0 Å². The molecule has 35 heavy (non-hydrogen) atoms. The standard InChI is InChI=1S/C29H33ClN2O3/c1-28(2)18-29(3,19-12-14-20(30)15-13-19)23-10-6-7-11-24(23)32(28)25(33)16-17-31-26(34)21-8-4-5-9-22(21)27(31)35/h6-7,10-15,21-22H,4-5,8-9,16-18H2,1-3H3/t21-,22+,29-/m0/s1. The SMILES string of the molecule is CC1(C)C[C@@](C)(c2ccc(Cl)cc2)c2ccccc2N1C(=O)CCN1C(=O)[C@H]2CCCC[C@H]2C1=O. The molecule has 3 amide bonds. The highest BCUT2D eigenvalue weighted by Crippen LogP contribution is 2.50. The monoisotopic (exact) mass is 492 g/mol. The Morgan fingerprint density at radius 2 is 1.54 bits per heavy atom. The Labute approximate surface area is 212 Å². The van der Waals surface area contributed by atoms with Crippen LogP contribution in [-0.4, -0.2) is 34.7 Å². The zero-order valence-electron chi connectivity index (χ0n) is 20.7. The number of hydrogen-bond donors (Lipinski definition) is 0. The smallest absolute Gasteiger partial charge is 0.233 e. The highest BCUT2D eigenvalue weighted by Gasteiger charge is 2.50. The van der Waals surface area contributed by atoms with Gasteiger partial charge in [-0.3, -0.25) is 19.3 Å². The van der Waals surface area contributed by atoms with Crippen LogP contribution in [0.25, 0.3) is 0 Å². The van der Waals surface area contributed by atoms with Crippen LogP contribution >= 0.6 is 11.6 Å². The summed E-state index contributed by atoms with van der Waals surface area (Å²) >= 11 is 6.16. The van der Waals surface area contributed by atoms with Crippen molar-refractivity contribution in [3.8, 4) is 0 Å². The Morgan fingerprint density at radius 1 is 0.943 bits per heavy atom. The van der Waals surface area contributed by atoms with E-state index in [0.717, 1.165) is 48.9 Å². The third kappa shape index (κ3) is 3.98. The first-order chi connectivity index (χ1) is 16.6. The fraction of sp³-hybridized carbons (Fsp3) is 0.483. The molecule has 2 heterocycles. The Bertz CT molecular complexity index is 1150. The fourth-order valence-corrected chi connectivity index (χ4v) is 6.94. The highest BCUT2D eigenvalue weighted by atomic mass is 35.5. The lowest BCUT2D eigenvalue weighted by molar-refractivity contribution is -0.140. The predicted molar refractivity (Wildman–Crippen MR) is 137 cm³/mol. The first kappa shape index (κ1) is 24.1. The lowest BCUT2D eigenvalue weighted by Crippen LogP contribution is -2.56. The highest BCUT2D eigenvalue weighted by molar-refractivity contribution is 6.30. The third-order valence-electron chi connectivity index (χ3n) is 8.34. The van der Waals surface area contributed by atoms with Gasteiger partial charge in [-0.15, -0.1) is 0 Å². The molecule has 2 aliphatic heterocycles. The van der Waals surface area contributed by atoms with Gasteiger partial charge in [-0.2, -0.15) is 0 Å². The molecule has 2 aromatic rings. The van der Waals surface area contributed by atoms with E-state index < -0.39 is 5.54 Å². The Kier molecular flexibility index (Phi) is 6.03. The van der Waals surface area contributed by atoms with Gasteiger partial charge in [0.15, 0.2) is 0 Å². The van der Waals surface area contributed by atoms with Crippen LogP contribution in [0.1, 0.15) is 70.4 Å². The number of hydrogen-bond acceptors (Lipinski definition) is 3. The summed E-state index contributed by atoms with van der Waals surface area (Å²) in [4.78, 5) is 42.8. The maximum Gasteiger partial charge on any atom is 0.233 e. The average Bonchev–Trinajstić information content (AvgIpc) is 3.07. The van der Waals surface area contributed by atoms with E-state index in [1.807, 2.05) is 35.2 Å². The Balaban J connectivity index is 1.42. The minimum Gasteiger partial charge on any atom is -0.306 e. The van der Waals surface area contributed by atoms with Crippen molar-refractivity contribution in [2.24, 2.45) is 11.8 Å². The predicted octanol–water partition coefficient (Wildman–Crippen LogP) is 5.73. The molecule has 5 rings (SSSR count). The minimum atomic E-state index is -0.465. The molecule has 6 heteroatoms. The molecular weight excluding hydrogens is 460 g/mol. The molecule has 0 aromatic heterocycles. The molecule has 1 saturated carbocycles. The summed E-state index contributed by atoms with van der Waals surface area (Å²) in [6, 6.07) is 16.0. The molecule has 0 unspecified atom stereocenters. The van der Waals surface area contributed by atoms with Crippen LogP contribution in [0.4, 0.5) is 5.69 Å². The van der Waals surface area contributed by atoms with Crippen molar-refractivity contribution >= 4 is 35.0 Å². The minimum absolute atomic E-state index is 0.0592. The summed E-state index contributed by atoms with van der Waals surface area (Å²) in [5, 5.41) is 0.698. The van der Waals surface area contributed by atoms with Crippen molar-refractivity contribution in [3.05, 3.63) is 64.7 Å². The molecule has 184 valence electrons. The van der Waals surface area contributed by atoms with Gasteiger partial charge in [0.05, 0.1) is 11.8 Å². The first-order valence-electron chi connectivity index (χ1n) is 12.7. The number of carbonyl (C=O) groups is 3. The van der Waals surface area contributed by atoms with Crippen LogP contribution in [0, 0.1) is 11.8 Å². The van der Waals surface area contributed by atoms with Crippen LogP contribution in [-0.2, 0) is 19.8 Å². The molecule has 1 saturated heterocycles. The van der Waals surface area contributed by atoms with Gasteiger partial charge in [0.2, 0.25) is 17.7 Å². The van der Waals surface area contributed by atoms with E-state index in [1.165, 1.54) is 4.90 Å². The Hall–Kier alpha value is -2.66. The van der Waals surface area contributed by atoms with Gasteiger partial charge in [-0.1, -0.05) is 61.7 Å². The quantitative estimate of drug-likeness (QED) is 0.512. The average molecular weight is 493 g/mol. The zero-order chi connectivity index (χ0) is 25.0. The zero-order valence-corrected chi connectivity index (χ0v) is 21.5. The fourth-order valence-electron chi connectivity index (χ4n) is 6.82. The molecule has 3 aliphatic rings.